The van der Waals surface area contributed by atoms with Crippen molar-refractivity contribution in [3.63, 3.8) is 0 Å². The number of nitrogens with one attached hydrogen (secondary N) is 2. The van der Waals surface area contributed by atoms with Gasteiger partial charge in [-0.25, -0.2) is 9.59 Å². The van der Waals surface area contributed by atoms with E-state index in [0.717, 1.165) is 14.2 Å². The van der Waals surface area contributed by atoms with Crippen molar-refractivity contribution in [2.24, 2.45) is 0 Å². The standard InChI is InChI=1S/C11H12BrN3O4S/c12-6-1-2-20-8(6)4-14-11(19)15-5-9(16)13-3-7(15)10(17)18/h1-2,7H,3-5H2,(H,13,16)(H,14,19)(H,17,18). The van der Waals surface area contributed by atoms with Crippen LogP contribution < -0.4 is 10.6 Å². The molecule has 1 fully saturated rings. The fourth-order valence-electron chi connectivity index (χ4n) is 1.78. The first-order chi connectivity index (χ1) is 9.49. The average Bonchev–Trinajstić information content (AvgIpc) is 2.81. The number of carboxylic acid groups (broad SMARTS) is 1. The number of hydrogen-bond donors (Lipinski definition) is 3. The number of aliphatic carboxylic acids is 1. The smallest absolute Gasteiger partial charge is 0.328 e. The molecule has 108 valence electrons. The van der Waals surface area contributed by atoms with Gasteiger partial charge in [0.25, 0.3) is 0 Å². The predicted octanol–water partition coefficient (Wildman–Crippen LogP) is 0.605. The molecule has 2 heterocycles. The van der Waals surface area contributed by atoms with E-state index in [1.165, 1.54) is 11.3 Å². The minimum absolute atomic E-state index is 0.0791. The Labute approximate surface area is 127 Å². The van der Waals surface area contributed by atoms with E-state index in [-0.39, 0.29) is 25.5 Å². The van der Waals surface area contributed by atoms with Gasteiger partial charge in [0, 0.05) is 15.9 Å². The van der Waals surface area contributed by atoms with Crippen LogP contribution in [0.4, 0.5) is 4.79 Å². The SMILES string of the molecule is O=C1CN(C(=O)NCc2sccc2Br)C(C(=O)O)CN1. The van der Waals surface area contributed by atoms with Gasteiger partial charge in [0.1, 0.15) is 12.6 Å². The molecule has 0 spiro atoms. The number of halogens is 1. The highest BCUT2D eigenvalue weighted by Gasteiger charge is 2.35. The Bertz CT molecular complexity index is 548. The Morgan fingerprint density at radius 1 is 1.60 bits per heavy atom. The normalized spacial score (nSPS) is 18.6. The maximum atomic E-state index is 12.0. The molecule has 0 aromatic carbocycles. The average molecular weight is 362 g/mol. The number of piperazine rings is 1. The summed E-state index contributed by atoms with van der Waals surface area (Å²) >= 11 is 4.81. The predicted molar refractivity (Wildman–Crippen MR) is 75.4 cm³/mol. The molecule has 3 N–H and O–H groups in total. The molecule has 1 unspecified atom stereocenters. The van der Waals surface area contributed by atoms with Crippen LogP contribution in [-0.4, -0.2) is 47.0 Å². The summed E-state index contributed by atoms with van der Waals surface area (Å²) in [6, 6.07) is 0.257. The lowest BCUT2D eigenvalue weighted by atomic mass is 10.2. The van der Waals surface area contributed by atoms with E-state index in [1.54, 1.807) is 0 Å². The third-order valence-corrected chi connectivity index (χ3v) is 4.75. The molecule has 3 amide bonds. The number of carbonyl (C=O) groups excluding carboxylic acids is 2. The minimum atomic E-state index is -1.14. The molecule has 2 rings (SSSR count). The Morgan fingerprint density at radius 3 is 2.95 bits per heavy atom. The molecule has 1 saturated heterocycles. The third-order valence-electron chi connectivity index (χ3n) is 2.82. The summed E-state index contributed by atoms with van der Waals surface area (Å²) in [5, 5.41) is 16.0. The lowest BCUT2D eigenvalue weighted by molar-refractivity contribution is -0.144. The van der Waals surface area contributed by atoms with E-state index in [2.05, 4.69) is 26.6 Å². The number of hydrogen-bond acceptors (Lipinski definition) is 4. The van der Waals surface area contributed by atoms with Gasteiger partial charge >= 0.3 is 12.0 Å². The third kappa shape index (κ3) is 3.28. The summed E-state index contributed by atoms with van der Waals surface area (Å²) in [4.78, 5) is 36.4. The molecule has 9 heteroatoms. The first-order valence-corrected chi connectivity index (χ1v) is 7.42. The second-order valence-corrected chi connectivity index (χ2v) is 5.99. The number of rotatable bonds is 3. The van der Waals surface area contributed by atoms with Gasteiger partial charge in [-0.1, -0.05) is 0 Å². The van der Waals surface area contributed by atoms with E-state index in [1.807, 2.05) is 11.4 Å². The van der Waals surface area contributed by atoms with Crippen molar-refractivity contribution in [3.8, 4) is 0 Å². The van der Waals surface area contributed by atoms with Crippen molar-refractivity contribution in [3.05, 3.63) is 20.8 Å². The van der Waals surface area contributed by atoms with Crippen molar-refractivity contribution in [2.45, 2.75) is 12.6 Å². The quantitative estimate of drug-likeness (QED) is 0.734. The molecule has 1 aliphatic heterocycles. The largest absolute Gasteiger partial charge is 0.480 e. The van der Waals surface area contributed by atoms with E-state index >= 15 is 0 Å². The van der Waals surface area contributed by atoms with Gasteiger partial charge in [-0.3, -0.25) is 9.69 Å². The molecule has 0 aliphatic carbocycles. The molecule has 0 saturated carbocycles. The zero-order chi connectivity index (χ0) is 14.7. The Kier molecular flexibility index (Phi) is 4.61. The second kappa shape index (κ2) is 6.23. The molecule has 1 aliphatic rings. The molecule has 0 bridgehead atoms. The highest BCUT2D eigenvalue weighted by Crippen LogP contribution is 2.22. The topological polar surface area (TPSA) is 98.7 Å². The van der Waals surface area contributed by atoms with Gasteiger partial charge in [0.15, 0.2) is 0 Å². The zero-order valence-corrected chi connectivity index (χ0v) is 12.7. The number of carboxylic acids is 1. The Balaban J connectivity index is 2.00. The van der Waals surface area contributed by atoms with Crippen LogP contribution in [0, 0.1) is 0 Å². The van der Waals surface area contributed by atoms with Crippen LogP contribution in [0.2, 0.25) is 0 Å². The van der Waals surface area contributed by atoms with Gasteiger partial charge in [-0.15, -0.1) is 11.3 Å². The number of amides is 3. The summed E-state index contributed by atoms with van der Waals surface area (Å²) in [6.07, 6.45) is 0. The van der Waals surface area contributed by atoms with Crippen molar-refractivity contribution >= 4 is 45.2 Å². The number of nitrogens with zero attached hydrogens (tertiary/aromatic N) is 1. The van der Waals surface area contributed by atoms with Crippen LogP contribution in [0.15, 0.2) is 15.9 Å². The van der Waals surface area contributed by atoms with Gasteiger partial charge in [-0.05, 0) is 27.4 Å². The van der Waals surface area contributed by atoms with Gasteiger partial charge in [0.2, 0.25) is 5.91 Å². The lowest BCUT2D eigenvalue weighted by Crippen LogP contribution is -2.61. The minimum Gasteiger partial charge on any atom is -0.480 e. The molecule has 1 aromatic heterocycles. The molecule has 20 heavy (non-hydrogen) atoms. The van der Waals surface area contributed by atoms with Crippen LogP contribution in [0.25, 0.3) is 0 Å². The summed E-state index contributed by atoms with van der Waals surface area (Å²) in [6.45, 7) is -0.0553. The maximum absolute atomic E-state index is 12.0. The summed E-state index contributed by atoms with van der Waals surface area (Å²) < 4.78 is 0.883. The number of urea groups is 1. The summed E-state index contributed by atoms with van der Waals surface area (Å²) in [7, 11) is 0. The molecular formula is C11H12BrN3O4S. The Hall–Kier alpha value is -1.61. The van der Waals surface area contributed by atoms with Crippen molar-refractivity contribution in [2.75, 3.05) is 13.1 Å². The van der Waals surface area contributed by atoms with Crippen LogP contribution in [0.3, 0.4) is 0 Å². The number of carbonyl (C=O) groups is 3. The van der Waals surface area contributed by atoms with Crippen molar-refractivity contribution in [1.82, 2.24) is 15.5 Å². The highest BCUT2D eigenvalue weighted by molar-refractivity contribution is 9.10. The van der Waals surface area contributed by atoms with Gasteiger partial charge in [-0.2, -0.15) is 0 Å². The summed E-state index contributed by atoms with van der Waals surface area (Å²) in [5.74, 6) is -1.51. The second-order valence-electron chi connectivity index (χ2n) is 4.14. The van der Waals surface area contributed by atoms with Gasteiger partial charge < -0.3 is 15.7 Å². The summed E-state index contributed by atoms with van der Waals surface area (Å²) in [5.41, 5.74) is 0. The van der Waals surface area contributed by atoms with Crippen molar-refractivity contribution < 1.29 is 19.5 Å². The molecule has 7 nitrogen and oxygen atoms in total. The van der Waals surface area contributed by atoms with E-state index in [0.29, 0.717) is 0 Å². The monoisotopic (exact) mass is 361 g/mol. The fourth-order valence-corrected chi connectivity index (χ4v) is 3.22. The lowest BCUT2D eigenvalue weighted by Gasteiger charge is -2.32. The fraction of sp³-hybridized carbons (Fsp3) is 0.364. The molecule has 0 radical (unpaired) electrons. The first-order valence-electron chi connectivity index (χ1n) is 5.75. The van der Waals surface area contributed by atoms with Gasteiger partial charge in [0.05, 0.1) is 6.54 Å². The van der Waals surface area contributed by atoms with E-state index in [9.17, 15) is 14.4 Å². The van der Waals surface area contributed by atoms with E-state index in [4.69, 9.17) is 5.11 Å². The first kappa shape index (κ1) is 14.8. The molecular weight excluding hydrogens is 350 g/mol. The molecule has 1 aromatic rings. The maximum Gasteiger partial charge on any atom is 0.328 e. The van der Waals surface area contributed by atoms with Crippen LogP contribution in [0.1, 0.15) is 4.88 Å². The number of thiophene rings is 1. The van der Waals surface area contributed by atoms with Crippen LogP contribution in [0.5, 0.6) is 0 Å². The zero-order valence-electron chi connectivity index (χ0n) is 10.3. The van der Waals surface area contributed by atoms with Crippen LogP contribution >= 0.6 is 27.3 Å². The van der Waals surface area contributed by atoms with Crippen molar-refractivity contribution in [1.29, 1.82) is 0 Å². The Morgan fingerprint density at radius 2 is 2.35 bits per heavy atom. The van der Waals surface area contributed by atoms with E-state index < -0.39 is 18.0 Å². The molecule has 1 atom stereocenters. The highest BCUT2D eigenvalue weighted by atomic mass is 79.9. The van der Waals surface area contributed by atoms with Crippen LogP contribution in [-0.2, 0) is 16.1 Å².